The van der Waals surface area contributed by atoms with E-state index in [-0.39, 0.29) is 5.56 Å². The van der Waals surface area contributed by atoms with E-state index in [1.807, 2.05) is 22.6 Å². The van der Waals surface area contributed by atoms with Gasteiger partial charge in [0, 0.05) is 21.5 Å². The Kier molecular flexibility index (Phi) is 3.96. The lowest BCUT2D eigenvalue weighted by Crippen LogP contribution is -2.12. The highest BCUT2D eigenvalue weighted by Crippen LogP contribution is 2.42. The average molecular weight is 496 g/mol. The molecule has 0 atom stereocenters. The van der Waals surface area contributed by atoms with Crippen LogP contribution in [0.15, 0.2) is 132 Å². The van der Waals surface area contributed by atoms with E-state index in [1.165, 1.54) is 37.9 Å². The van der Waals surface area contributed by atoms with Gasteiger partial charge in [0.15, 0.2) is 0 Å². The Bertz CT molecular complexity index is 2470. The van der Waals surface area contributed by atoms with Gasteiger partial charge in [-0.2, -0.15) is 0 Å². The molecule has 0 unspecified atom stereocenters. The van der Waals surface area contributed by atoms with Crippen LogP contribution in [0.1, 0.15) is 0 Å². The molecule has 0 saturated carbocycles. The number of nitrogens with zero attached hydrogens (tertiary/aromatic N) is 1. The standard InChI is InChI=1S/C37H21NO/c39-37-33-14-6-4-12-27(33)31-17-8-18-32-28-20-19-22(21-34(28)38(37)36(31)32)23-15-7-16-30-26-10-2-1-9-24(26)25-11-3-5-13-29(25)35(23)30/h1-21H. The average Bonchev–Trinajstić information content (AvgIpc) is 3.34. The fourth-order valence-electron chi connectivity index (χ4n) is 6.88. The SMILES string of the molecule is O=c1c2ccccc2c2cccc3c4ccc(-c5cccc6c7ccccc7c7ccccc7c56)cc4n1c23. The zero-order chi connectivity index (χ0) is 25.7. The molecule has 7 aromatic carbocycles. The van der Waals surface area contributed by atoms with Crippen molar-refractivity contribution in [2.75, 3.05) is 0 Å². The third kappa shape index (κ3) is 2.63. The molecular weight excluding hydrogens is 474 g/mol. The second-order valence-corrected chi connectivity index (χ2v) is 10.4. The van der Waals surface area contributed by atoms with Crippen LogP contribution in [0.4, 0.5) is 0 Å². The van der Waals surface area contributed by atoms with E-state index in [1.54, 1.807) is 0 Å². The highest BCUT2D eigenvalue weighted by atomic mass is 16.1. The van der Waals surface area contributed by atoms with Crippen molar-refractivity contribution in [2.24, 2.45) is 0 Å². The Labute approximate surface area is 223 Å². The van der Waals surface area contributed by atoms with Gasteiger partial charge in [0.25, 0.3) is 5.56 Å². The Hall–Kier alpha value is -5.21. The zero-order valence-electron chi connectivity index (χ0n) is 21.0. The van der Waals surface area contributed by atoms with Crippen LogP contribution in [0.5, 0.6) is 0 Å². The second-order valence-electron chi connectivity index (χ2n) is 10.4. The molecule has 0 radical (unpaired) electrons. The Morgan fingerprint density at radius 1 is 0.410 bits per heavy atom. The lowest BCUT2D eigenvalue weighted by molar-refractivity contribution is 1.21. The number of pyridine rings is 1. The molecule has 0 bridgehead atoms. The van der Waals surface area contributed by atoms with Crippen molar-refractivity contribution in [2.45, 2.75) is 0 Å². The van der Waals surface area contributed by atoms with Crippen molar-refractivity contribution in [1.82, 2.24) is 4.40 Å². The number of fused-ring (bicyclic) bond motifs is 11. The van der Waals surface area contributed by atoms with E-state index in [4.69, 9.17) is 0 Å². The number of para-hydroxylation sites is 1. The molecule has 2 heteroatoms. The van der Waals surface area contributed by atoms with Gasteiger partial charge < -0.3 is 0 Å². The summed E-state index contributed by atoms with van der Waals surface area (Å²) in [6, 6.07) is 44.9. The van der Waals surface area contributed by atoms with Gasteiger partial charge in [-0.05, 0) is 61.0 Å². The summed E-state index contributed by atoms with van der Waals surface area (Å²) < 4.78 is 1.93. The van der Waals surface area contributed by atoms with Crippen molar-refractivity contribution < 1.29 is 0 Å². The fourth-order valence-corrected chi connectivity index (χ4v) is 6.88. The van der Waals surface area contributed by atoms with Gasteiger partial charge in [0.2, 0.25) is 0 Å². The van der Waals surface area contributed by atoms with Crippen LogP contribution in [-0.4, -0.2) is 4.40 Å². The molecule has 0 amide bonds. The van der Waals surface area contributed by atoms with E-state index in [0.29, 0.717) is 0 Å². The van der Waals surface area contributed by atoms with Crippen LogP contribution in [-0.2, 0) is 0 Å². The van der Waals surface area contributed by atoms with E-state index >= 15 is 0 Å². The summed E-state index contributed by atoms with van der Waals surface area (Å²) in [6.45, 7) is 0. The number of benzene rings is 7. The van der Waals surface area contributed by atoms with Gasteiger partial charge in [0.1, 0.15) is 0 Å². The quantitative estimate of drug-likeness (QED) is 0.208. The van der Waals surface area contributed by atoms with E-state index < -0.39 is 0 Å². The summed E-state index contributed by atoms with van der Waals surface area (Å²) in [4.78, 5) is 13.9. The van der Waals surface area contributed by atoms with Crippen LogP contribution >= 0.6 is 0 Å². The molecule has 0 saturated heterocycles. The Balaban J connectivity index is 1.46. The van der Waals surface area contributed by atoms with Crippen LogP contribution in [0, 0.1) is 0 Å². The highest BCUT2D eigenvalue weighted by Gasteiger charge is 2.18. The van der Waals surface area contributed by atoms with Crippen molar-refractivity contribution in [1.29, 1.82) is 0 Å². The van der Waals surface area contributed by atoms with Crippen molar-refractivity contribution in [3.63, 3.8) is 0 Å². The first-order chi connectivity index (χ1) is 19.3. The van der Waals surface area contributed by atoms with E-state index in [2.05, 4.69) is 109 Å². The molecule has 0 aliphatic carbocycles. The van der Waals surface area contributed by atoms with Gasteiger partial charge in [-0.1, -0.05) is 115 Å². The molecule has 2 nitrogen and oxygen atoms in total. The molecule has 2 aromatic heterocycles. The zero-order valence-corrected chi connectivity index (χ0v) is 21.0. The summed E-state index contributed by atoms with van der Waals surface area (Å²) in [5, 5.41) is 12.6. The first kappa shape index (κ1) is 20.8. The molecule has 2 heterocycles. The first-order valence-electron chi connectivity index (χ1n) is 13.3. The molecule has 9 rings (SSSR count). The maximum absolute atomic E-state index is 13.9. The van der Waals surface area contributed by atoms with Crippen molar-refractivity contribution >= 4 is 70.3 Å². The summed E-state index contributed by atoms with van der Waals surface area (Å²) in [5.41, 5.74) is 4.29. The molecule has 39 heavy (non-hydrogen) atoms. The van der Waals surface area contributed by atoms with Crippen LogP contribution in [0.3, 0.4) is 0 Å². The number of hydrogen-bond donors (Lipinski definition) is 0. The summed E-state index contributed by atoms with van der Waals surface area (Å²) in [6.07, 6.45) is 0. The molecular formula is C37H21NO. The molecule has 9 aromatic rings. The van der Waals surface area contributed by atoms with Crippen LogP contribution in [0.2, 0.25) is 0 Å². The number of rotatable bonds is 1. The van der Waals surface area contributed by atoms with Crippen molar-refractivity contribution in [3.05, 3.63) is 138 Å². The third-order valence-electron chi connectivity index (χ3n) is 8.52. The van der Waals surface area contributed by atoms with E-state index in [9.17, 15) is 4.79 Å². The summed E-state index contributed by atoms with van der Waals surface area (Å²) >= 11 is 0. The predicted octanol–water partition coefficient (Wildman–Crippen LogP) is 9.32. The maximum Gasteiger partial charge on any atom is 0.263 e. The van der Waals surface area contributed by atoms with Crippen molar-refractivity contribution in [3.8, 4) is 11.1 Å². The molecule has 180 valence electrons. The van der Waals surface area contributed by atoms with Gasteiger partial charge >= 0.3 is 0 Å². The molecule has 0 aliphatic heterocycles. The fraction of sp³-hybridized carbons (Fsp3) is 0. The smallest absolute Gasteiger partial charge is 0.263 e. The molecule has 0 aliphatic rings. The highest BCUT2D eigenvalue weighted by molar-refractivity contribution is 6.28. The largest absolute Gasteiger partial charge is 0.275 e. The van der Waals surface area contributed by atoms with Crippen LogP contribution < -0.4 is 5.56 Å². The number of aromatic nitrogens is 1. The Morgan fingerprint density at radius 3 is 1.59 bits per heavy atom. The Morgan fingerprint density at radius 2 is 0.897 bits per heavy atom. The van der Waals surface area contributed by atoms with Gasteiger partial charge in [-0.15, -0.1) is 0 Å². The predicted molar refractivity (Wildman–Crippen MR) is 165 cm³/mol. The number of hydrogen-bond acceptors (Lipinski definition) is 1. The van der Waals surface area contributed by atoms with Gasteiger partial charge in [0.05, 0.1) is 11.0 Å². The minimum atomic E-state index is 0.0378. The normalized spacial score (nSPS) is 12.2. The first-order valence-corrected chi connectivity index (χ1v) is 13.3. The lowest BCUT2D eigenvalue weighted by atomic mass is 9.89. The molecule has 0 fully saturated rings. The van der Waals surface area contributed by atoms with Gasteiger partial charge in [-0.3, -0.25) is 9.20 Å². The second kappa shape index (κ2) is 7.43. The maximum atomic E-state index is 13.9. The van der Waals surface area contributed by atoms with Crippen LogP contribution in [0.25, 0.3) is 81.4 Å². The van der Waals surface area contributed by atoms with Gasteiger partial charge in [-0.25, -0.2) is 0 Å². The molecule has 0 N–H and O–H groups in total. The minimum Gasteiger partial charge on any atom is -0.275 e. The summed E-state index contributed by atoms with van der Waals surface area (Å²) in [7, 11) is 0. The third-order valence-corrected chi connectivity index (χ3v) is 8.52. The van der Waals surface area contributed by atoms with E-state index in [0.717, 1.165) is 43.5 Å². The summed E-state index contributed by atoms with van der Waals surface area (Å²) in [5.74, 6) is 0. The topological polar surface area (TPSA) is 21.5 Å². The molecule has 0 spiro atoms. The lowest BCUT2D eigenvalue weighted by Gasteiger charge is -2.14. The minimum absolute atomic E-state index is 0.0378. The monoisotopic (exact) mass is 495 g/mol.